The maximum absolute atomic E-state index is 12.1. The Morgan fingerprint density at radius 3 is 2.28 bits per heavy atom. The maximum atomic E-state index is 12.1. The summed E-state index contributed by atoms with van der Waals surface area (Å²) in [6.45, 7) is 1.65. The number of benzene rings is 2. The molecule has 0 atom stereocenters. The van der Waals surface area contributed by atoms with E-state index in [4.69, 9.17) is 14.2 Å². The first kappa shape index (κ1) is 18.3. The minimum absolute atomic E-state index is 0.247. The topological polar surface area (TPSA) is 73.9 Å². The number of aryl methyl sites for hydroxylation is 1. The van der Waals surface area contributed by atoms with Crippen molar-refractivity contribution in [3.8, 4) is 11.5 Å². The minimum Gasteiger partial charge on any atom is -0.497 e. The van der Waals surface area contributed by atoms with Crippen LogP contribution < -0.4 is 14.8 Å². The van der Waals surface area contributed by atoms with Crippen molar-refractivity contribution in [2.75, 3.05) is 26.1 Å². The smallest absolute Gasteiger partial charge is 0.338 e. The molecule has 132 valence electrons. The molecule has 6 nitrogen and oxygen atoms in total. The fourth-order valence-corrected chi connectivity index (χ4v) is 2.21. The Kier molecular flexibility index (Phi) is 6.39. The maximum Gasteiger partial charge on any atom is 0.338 e. The molecule has 2 aromatic carbocycles. The molecule has 0 aliphatic heterocycles. The Morgan fingerprint density at radius 2 is 1.68 bits per heavy atom. The minimum atomic E-state index is -0.630. The van der Waals surface area contributed by atoms with Crippen molar-refractivity contribution >= 4 is 17.6 Å². The second-order valence-corrected chi connectivity index (χ2v) is 5.28. The number of methoxy groups -OCH3 is 2. The molecule has 0 aliphatic carbocycles. The van der Waals surface area contributed by atoms with E-state index >= 15 is 0 Å². The van der Waals surface area contributed by atoms with Crippen LogP contribution in [0.15, 0.2) is 42.5 Å². The molecule has 0 spiro atoms. The van der Waals surface area contributed by atoms with Gasteiger partial charge in [0.1, 0.15) is 11.5 Å². The van der Waals surface area contributed by atoms with E-state index in [1.54, 1.807) is 12.1 Å². The van der Waals surface area contributed by atoms with Gasteiger partial charge in [-0.05, 0) is 36.2 Å². The standard InChI is InChI=1S/C19H21NO5/c1-4-13-6-5-7-15(8-13)20-18(21)12-25-19(22)14-9-16(23-2)11-17(10-14)24-3/h5-11H,4,12H2,1-3H3,(H,20,21). The van der Waals surface area contributed by atoms with Crippen LogP contribution in [0.1, 0.15) is 22.8 Å². The third-order valence-corrected chi connectivity index (χ3v) is 3.54. The van der Waals surface area contributed by atoms with Crippen LogP contribution in [0.4, 0.5) is 5.69 Å². The normalized spacial score (nSPS) is 10.0. The van der Waals surface area contributed by atoms with Gasteiger partial charge in [0.25, 0.3) is 5.91 Å². The molecule has 1 N–H and O–H groups in total. The number of amides is 1. The highest BCUT2D eigenvalue weighted by Gasteiger charge is 2.13. The van der Waals surface area contributed by atoms with E-state index in [9.17, 15) is 9.59 Å². The molecule has 0 unspecified atom stereocenters. The summed E-state index contributed by atoms with van der Waals surface area (Å²) in [5.41, 5.74) is 2.03. The predicted octanol–water partition coefficient (Wildman–Crippen LogP) is 3.06. The fourth-order valence-electron chi connectivity index (χ4n) is 2.21. The Labute approximate surface area is 146 Å². The first-order valence-corrected chi connectivity index (χ1v) is 7.84. The van der Waals surface area contributed by atoms with E-state index in [2.05, 4.69) is 5.32 Å². The van der Waals surface area contributed by atoms with Crippen LogP contribution in [0.25, 0.3) is 0 Å². The average molecular weight is 343 g/mol. The zero-order chi connectivity index (χ0) is 18.2. The molecule has 25 heavy (non-hydrogen) atoms. The summed E-state index contributed by atoms with van der Waals surface area (Å²) >= 11 is 0. The number of esters is 1. The zero-order valence-electron chi connectivity index (χ0n) is 14.5. The van der Waals surface area contributed by atoms with Crippen molar-refractivity contribution in [2.24, 2.45) is 0 Å². The third-order valence-electron chi connectivity index (χ3n) is 3.54. The molecule has 1 amide bonds. The largest absolute Gasteiger partial charge is 0.497 e. The van der Waals surface area contributed by atoms with E-state index in [0.717, 1.165) is 12.0 Å². The molecular weight excluding hydrogens is 322 g/mol. The van der Waals surface area contributed by atoms with Gasteiger partial charge in [-0.1, -0.05) is 19.1 Å². The first-order valence-electron chi connectivity index (χ1n) is 7.84. The van der Waals surface area contributed by atoms with Gasteiger partial charge in [-0.15, -0.1) is 0 Å². The molecule has 0 aromatic heterocycles. The number of rotatable bonds is 7. The van der Waals surface area contributed by atoms with Crippen LogP contribution in [0.2, 0.25) is 0 Å². The van der Waals surface area contributed by atoms with Crippen molar-refractivity contribution in [2.45, 2.75) is 13.3 Å². The fraction of sp³-hybridized carbons (Fsp3) is 0.263. The van der Waals surface area contributed by atoms with Crippen LogP contribution in [0.3, 0.4) is 0 Å². The van der Waals surface area contributed by atoms with Gasteiger partial charge in [-0.25, -0.2) is 4.79 Å². The van der Waals surface area contributed by atoms with E-state index in [1.807, 2.05) is 25.1 Å². The summed E-state index contributed by atoms with van der Waals surface area (Å²) in [5.74, 6) is -0.106. The summed E-state index contributed by atoms with van der Waals surface area (Å²) in [6.07, 6.45) is 0.871. The molecule has 0 bridgehead atoms. The number of hydrogen-bond donors (Lipinski definition) is 1. The van der Waals surface area contributed by atoms with Gasteiger partial charge in [0.15, 0.2) is 6.61 Å². The average Bonchev–Trinajstić information content (AvgIpc) is 2.65. The van der Waals surface area contributed by atoms with Crippen LogP contribution >= 0.6 is 0 Å². The van der Waals surface area contributed by atoms with E-state index in [0.29, 0.717) is 17.2 Å². The van der Waals surface area contributed by atoms with E-state index < -0.39 is 11.9 Å². The van der Waals surface area contributed by atoms with Gasteiger partial charge >= 0.3 is 5.97 Å². The van der Waals surface area contributed by atoms with Gasteiger partial charge in [-0.2, -0.15) is 0 Å². The van der Waals surface area contributed by atoms with Gasteiger partial charge in [-0.3, -0.25) is 4.79 Å². The van der Waals surface area contributed by atoms with Gasteiger partial charge in [0, 0.05) is 11.8 Å². The third kappa shape index (κ3) is 5.24. The van der Waals surface area contributed by atoms with Crippen molar-refractivity contribution in [1.29, 1.82) is 0 Å². The van der Waals surface area contributed by atoms with Crippen molar-refractivity contribution in [3.63, 3.8) is 0 Å². The lowest BCUT2D eigenvalue weighted by atomic mass is 10.1. The Balaban J connectivity index is 1.96. The van der Waals surface area contributed by atoms with Crippen LogP contribution in [0.5, 0.6) is 11.5 Å². The molecule has 0 aliphatic rings. The molecule has 0 heterocycles. The SMILES string of the molecule is CCc1cccc(NC(=O)COC(=O)c2cc(OC)cc(OC)c2)c1. The van der Waals surface area contributed by atoms with Gasteiger partial charge in [0.2, 0.25) is 0 Å². The molecule has 0 radical (unpaired) electrons. The van der Waals surface area contributed by atoms with Crippen molar-refractivity contribution in [1.82, 2.24) is 0 Å². The van der Waals surface area contributed by atoms with Crippen molar-refractivity contribution < 1.29 is 23.8 Å². The van der Waals surface area contributed by atoms with Crippen LogP contribution in [0, 0.1) is 0 Å². The second kappa shape index (κ2) is 8.73. The van der Waals surface area contributed by atoms with Crippen molar-refractivity contribution in [3.05, 3.63) is 53.6 Å². The monoisotopic (exact) mass is 343 g/mol. The molecule has 6 heteroatoms. The lowest BCUT2D eigenvalue weighted by molar-refractivity contribution is -0.119. The summed E-state index contributed by atoms with van der Waals surface area (Å²) in [5, 5.41) is 2.70. The van der Waals surface area contributed by atoms with Crippen LogP contribution in [-0.4, -0.2) is 32.7 Å². The lowest BCUT2D eigenvalue weighted by Gasteiger charge is -2.09. The Bertz CT molecular complexity index is 735. The van der Waals surface area contributed by atoms with E-state index in [1.165, 1.54) is 26.4 Å². The second-order valence-electron chi connectivity index (χ2n) is 5.28. The summed E-state index contributed by atoms with van der Waals surface area (Å²) in [4.78, 5) is 24.1. The summed E-state index contributed by atoms with van der Waals surface area (Å²) in [6, 6.07) is 12.2. The molecule has 2 aromatic rings. The highest BCUT2D eigenvalue weighted by atomic mass is 16.5. The van der Waals surface area contributed by atoms with E-state index in [-0.39, 0.29) is 12.2 Å². The van der Waals surface area contributed by atoms with Gasteiger partial charge < -0.3 is 19.5 Å². The molecule has 0 saturated heterocycles. The predicted molar refractivity (Wildman–Crippen MR) is 94.3 cm³/mol. The number of ether oxygens (including phenoxy) is 3. The number of anilines is 1. The lowest BCUT2D eigenvalue weighted by Crippen LogP contribution is -2.21. The molecule has 2 rings (SSSR count). The van der Waals surface area contributed by atoms with Gasteiger partial charge in [0.05, 0.1) is 19.8 Å². The number of carbonyl (C=O) groups excluding carboxylic acids is 2. The first-order chi connectivity index (χ1) is 12.0. The zero-order valence-corrected chi connectivity index (χ0v) is 14.5. The molecule has 0 fully saturated rings. The van der Waals surface area contributed by atoms with Crippen LogP contribution in [-0.2, 0) is 16.0 Å². The quantitative estimate of drug-likeness (QED) is 0.782. The highest BCUT2D eigenvalue weighted by molar-refractivity contribution is 5.95. The summed E-state index contributed by atoms with van der Waals surface area (Å²) in [7, 11) is 2.98. The number of nitrogens with one attached hydrogen (secondary N) is 1. The Hall–Kier alpha value is -3.02. The number of hydrogen-bond acceptors (Lipinski definition) is 5. The summed E-state index contributed by atoms with van der Waals surface area (Å²) < 4.78 is 15.3. The number of carbonyl (C=O) groups is 2. The highest BCUT2D eigenvalue weighted by Crippen LogP contribution is 2.23. The Morgan fingerprint density at radius 1 is 1.00 bits per heavy atom. The molecular formula is C19H21NO5. The molecule has 0 saturated carbocycles.